The molecule has 1 amide bonds. The number of esters is 1. The van der Waals surface area contributed by atoms with Crippen LogP contribution in [-0.2, 0) is 4.79 Å². The molecule has 0 unspecified atom stereocenters. The molecule has 1 aliphatic heterocycles. The fourth-order valence-electron chi connectivity index (χ4n) is 4.02. The lowest BCUT2D eigenvalue weighted by Crippen LogP contribution is -2.39. The molecule has 4 rings (SSSR count). The third-order valence-corrected chi connectivity index (χ3v) is 7.10. The van der Waals surface area contributed by atoms with Crippen LogP contribution < -0.4 is 9.47 Å². The lowest BCUT2D eigenvalue weighted by molar-refractivity contribution is -0.384. The van der Waals surface area contributed by atoms with Crippen LogP contribution in [0.25, 0.3) is 6.08 Å². The number of nitro benzene ring substituents is 1. The summed E-state index contributed by atoms with van der Waals surface area (Å²) in [6.45, 7) is 0. The minimum atomic E-state index is -0.672. The van der Waals surface area contributed by atoms with Crippen LogP contribution in [-0.4, -0.2) is 39.2 Å². The molecular weight excluding hydrogens is 476 g/mol. The topological polar surface area (TPSA) is 99.0 Å². The van der Waals surface area contributed by atoms with Gasteiger partial charge in [-0.05, 0) is 48.7 Å². The fraction of sp³-hybridized carbons (Fsp3) is 0.292. The Morgan fingerprint density at radius 3 is 2.50 bits per heavy atom. The highest BCUT2D eigenvalue weighted by molar-refractivity contribution is 8.26. The Morgan fingerprint density at radius 1 is 1.15 bits per heavy atom. The molecule has 1 saturated heterocycles. The highest BCUT2D eigenvalue weighted by Gasteiger charge is 2.37. The van der Waals surface area contributed by atoms with Gasteiger partial charge in [-0.25, -0.2) is 4.79 Å². The molecule has 0 radical (unpaired) electrons. The van der Waals surface area contributed by atoms with Gasteiger partial charge < -0.3 is 9.47 Å². The highest BCUT2D eigenvalue weighted by Crippen LogP contribution is 2.38. The van der Waals surface area contributed by atoms with Crippen LogP contribution in [0.4, 0.5) is 5.69 Å². The number of rotatable bonds is 6. The third kappa shape index (κ3) is 5.13. The summed E-state index contributed by atoms with van der Waals surface area (Å²) in [5, 5.41) is 10.8. The van der Waals surface area contributed by atoms with Gasteiger partial charge in [0.15, 0.2) is 11.5 Å². The molecule has 2 aromatic rings. The third-order valence-electron chi connectivity index (χ3n) is 5.77. The number of methoxy groups -OCH3 is 1. The normalized spacial score (nSPS) is 17.8. The number of ether oxygens (including phenoxy) is 2. The maximum atomic E-state index is 13.0. The summed E-state index contributed by atoms with van der Waals surface area (Å²) in [4.78, 5) is 38.0. The zero-order valence-corrected chi connectivity index (χ0v) is 20.0. The summed E-state index contributed by atoms with van der Waals surface area (Å²) in [7, 11) is 1.45. The number of non-ortho nitro benzene ring substituents is 1. The van der Waals surface area contributed by atoms with Gasteiger partial charge >= 0.3 is 5.97 Å². The Bertz CT molecular complexity index is 1170. The number of thioether (sulfide) groups is 1. The number of carbonyl (C=O) groups excluding carboxylic acids is 2. The molecule has 0 atom stereocenters. The molecule has 2 fully saturated rings. The van der Waals surface area contributed by atoms with E-state index >= 15 is 0 Å². The average molecular weight is 499 g/mol. The summed E-state index contributed by atoms with van der Waals surface area (Å²) in [5.41, 5.74) is 0.756. The zero-order valence-electron chi connectivity index (χ0n) is 18.4. The van der Waals surface area contributed by atoms with Crippen LogP contribution in [0.3, 0.4) is 0 Å². The highest BCUT2D eigenvalue weighted by atomic mass is 32.2. The van der Waals surface area contributed by atoms with Crippen molar-refractivity contribution in [3.05, 3.63) is 68.6 Å². The van der Waals surface area contributed by atoms with Crippen LogP contribution in [0.1, 0.15) is 48.0 Å². The van der Waals surface area contributed by atoms with E-state index in [1.54, 1.807) is 29.2 Å². The first-order valence-electron chi connectivity index (χ1n) is 10.8. The van der Waals surface area contributed by atoms with Gasteiger partial charge in [0.05, 0.1) is 22.5 Å². The maximum Gasteiger partial charge on any atom is 0.343 e. The van der Waals surface area contributed by atoms with E-state index in [2.05, 4.69) is 0 Å². The van der Waals surface area contributed by atoms with Crippen LogP contribution >= 0.6 is 24.0 Å². The number of carbonyl (C=O) groups is 2. The second-order valence-electron chi connectivity index (χ2n) is 7.95. The van der Waals surface area contributed by atoms with Gasteiger partial charge in [-0.3, -0.25) is 19.8 Å². The van der Waals surface area contributed by atoms with Crippen LogP contribution in [0.15, 0.2) is 47.4 Å². The van der Waals surface area contributed by atoms with Crippen LogP contribution in [0.5, 0.6) is 11.5 Å². The second kappa shape index (κ2) is 10.4. The molecule has 34 heavy (non-hydrogen) atoms. The quantitative estimate of drug-likeness (QED) is 0.131. The van der Waals surface area contributed by atoms with Crippen molar-refractivity contribution in [3.63, 3.8) is 0 Å². The molecule has 0 N–H and O–H groups in total. The molecule has 176 valence electrons. The number of hydrogen-bond acceptors (Lipinski definition) is 8. The predicted octanol–water partition coefficient (Wildman–Crippen LogP) is 5.36. The van der Waals surface area contributed by atoms with Crippen molar-refractivity contribution in [2.24, 2.45) is 0 Å². The van der Waals surface area contributed by atoms with Crippen LogP contribution in [0.2, 0.25) is 0 Å². The standard InChI is InChI=1S/C24H22N2O6S2/c1-31-20-13-15(14-21-22(27)25(24(33)34-21)17-5-3-2-4-6-17)7-12-19(20)32-23(28)16-8-10-18(11-9-16)26(29)30/h7-14,17H,2-6H2,1H3/b21-14-. The molecule has 1 saturated carbocycles. The molecule has 0 spiro atoms. The maximum absolute atomic E-state index is 13.0. The van der Waals surface area contributed by atoms with Gasteiger partial charge in [0.25, 0.3) is 11.6 Å². The molecule has 1 aliphatic carbocycles. The summed E-state index contributed by atoms with van der Waals surface area (Å²) in [6.07, 6.45) is 7.12. The molecule has 2 aromatic carbocycles. The van der Waals surface area contributed by atoms with Crippen molar-refractivity contribution >= 4 is 51.9 Å². The lowest BCUT2D eigenvalue weighted by Gasteiger charge is -2.29. The van der Waals surface area contributed by atoms with Crippen molar-refractivity contribution in [2.75, 3.05) is 7.11 Å². The van der Waals surface area contributed by atoms with Crippen molar-refractivity contribution in [1.29, 1.82) is 0 Å². The fourth-order valence-corrected chi connectivity index (χ4v) is 5.42. The summed E-state index contributed by atoms with van der Waals surface area (Å²) < 4.78 is 11.4. The average Bonchev–Trinajstić information content (AvgIpc) is 3.12. The summed E-state index contributed by atoms with van der Waals surface area (Å²) in [5.74, 6) is -0.242. The van der Waals surface area contributed by atoms with Crippen molar-refractivity contribution in [2.45, 2.75) is 38.1 Å². The summed E-state index contributed by atoms with van der Waals surface area (Å²) >= 11 is 6.78. The smallest absolute Gasteiger partial charge is 0.343 e. The van der Waals surface area contributed by atoms with Gasteiger partial charge in [-0.15, -0.1) is 0 Å². The number of amides is 1. The van der Waals surface area contributed by atoms with Crippen LogP contribution in [0, 0.1) is 10.1 Å². The number of hydrogen-bond donors (Lipinski definition) is 0. The monoisotopic (exact) mass is 498 g/mol. The predicted molar refractivity (Wildman–Crippen MR) is 133 cm³/mol. The zero-order chi connectivity index (χ0) is 24.2. The van der Waals surface area contributed by atoms with E-state index in [1.807, 2.05) is 0 Å². The molecule has 0 bridgehead atoms. The Kier molecular flexibility index (Phi) is 7.28. The minimum absolute atomic E-state index is 0.0745. The van der Waals surface area contributed by atoms with Crippen molar-refractivity contribution < 1.29 is 24.0 Å². The minimum Gasteiger partial charge on any atom is -0.493 e. The van der Waals surface area contributed by atoms with E-state index in [1.165, 1.54) is 49.6 Å². The number of nitrogens with zero attached hydrogens (tertiary/aromatic N) is 2. The first kappa shape index (κ1) is 23.9. The van der Waals surface area contributed by atoms with Gasteiger partial charge in [0.2, 0.25) is 0 Å². The largest absolute Gasteiger partial charge is 0.493 e. The van der Waals surface area contributed by atoms with E-state index in [4.69, 9.17) is 21.7 Å². The van der Waals surface area contributed by atoms with Gasteiger partial charge in [0.1, 0.15) is 4.32 Å². The van der Waals surface area contributed by atoms with E-state index in [9.17, 15) is 19.7 Å². The van der Waals surface area contributed by atoms with Gasteiger partial charge in [0, 0.05) is 18.2 Å². The Morgan fingerprint density at radius 2 is 1.85 bits per heavy atom. The second-order valence-corrected chi connectivity index (χ2v) is 9.62. The SMILES string of the molecule is COc1cc(/C=C2\SC(=S)N(C3CCCCC3)C2=O)ccc1OC(=O)c1ccc([N+](=O)[O-])cc1. The Labute approximate surface area is 206 Å². The number of thiocarbonyl (C=S) groups is 1. The molecule has 2 aliphatic rings. The van der Waals surface area contributed by atoms with E-state index in [-0.39, 0.29) is 28.9 Å². The number of nitro groups is 1. The molecule has 0 aromatic heterocycles. The van der Waals surface area contributed by atoms with E-state index in [0.29, 0.717) is 20.5 Å². The van der Waals surface area contributed by atoms with E-state index in [0.717, 1.165) is 25.7 Å². The molecule has 8 nitrogen and oxygen atoms in total. The Hall–Kier alpha value is -3.24. The lowest BCUT2D eigenvalue weighted by atomic mass is 9.94. The molecule has 1 heterocycles. The summed E-state index contributed by atoms with van der Waals surface area (Å²) in [6, 6.07) is 10.3. The molecule has 10 heteroatoms. The van der Waals surface area contributed by atoms with Crippen molar-refractivity contribution in [1.82, 2.24) is 4.90 Å². The first-order valence-corrected chi connectivity index (χ1v) is 12.0. The first-order chi connectivity index (χ1) is 16.4. The van der Waals surface area contributed by atoms with E-state index < -0.39 is 10.9 Å². The van der Waals surface area contributed by atoms with Crippen molar-refractivity contribution in [3.8, 4) is 11.5 Å². The molecular formula is C24H22N2O6S2. The Balaban J connectivity index is 1.50. The van der Waals surface area contributed by atoms with Gasteiger partial charge in [-0.1, -0.05) is 49.3 Å². The van der Waals surface area contributed by atoms with Gasteiger partial charge in [-0.2, -0.15) is 0 Å². The number of benzene rings is 2.